The highest BCUT2D eigenvalue weighted by Crippen LogP contribution is 2.39. The van der Waals surface area contributed by atoms with Crippen LogP contribution >= 0.6 is 0 Å². The molecule has 0 radical (unpaired) electrons. The molecule has 2 N–H and O–H groups in total. The van der Waals surface area contributed by atoms with Gasteiger partial charge in [-0.2, -0.15) is 0 Å². The fourth-order valence-corrected chi connectivity index (χ4v) is 4.34. The average molecular weight is 338 g/mol. The highest BCUT2D eigenvalue weighted by atomic mass is 16.3. The number of fused-ring (bicyclic) bond motifs is 1. The Balaban J connectivity index is 1.53. The van der Waals surface area contributed by atoms with Gasteiger partial charge in [-0.05, 0) is 55.2 Å². The molecule has 2 aromatic rings. The number of rotatable bonds is 5. The molecular formula is C21H26N2O2. The number of aromatic nitrogens is 1. The van der Waals surface area contributed by atoms with E-state index < -0.39 is 0 Å². The lowest BCUT2D eigenvalue weighted by molar-refractivity contribution is -0.124. The van der Waals surface area contributed by atoms with Crippen molar-refractivity contribution in [3.8, 4) is 0 Å². The van der Waals surface area contributed by atoms with Crippen LogP contribution in [0.1, 0.15) is 56.6 Å². The summed E-state index contributed by atoms with van der Waals surface area (Å²) < 4.78 is 0. The number of hydrogen-bond donors (Lipinski definition) is 2. The van der Waals surface area contributed by atoms with Crippen LogP contribution in [0, 0.1) is 11.8 Å². The largest absolute Gasteiger partial charge is 0.393 e. The highest BCUT2D eigenvalue weighted by molar-refractivity contribution is 5.80. The number of hydrogen-bond acceptors (Lipinski definition) is 3. The van der Waals surface area contributed by atoms with Crippen LogP contribution in [-0.4, -0.2) is 22.1 Å². The Hall–Kier alpha value is -1.94. The van der Waals surface area contributed by atoms with Gasteiger partial charge < -0.3 is 10.4 Å². The second-order valence-corrected chi connectivity index (χ2v) is 7.75. The minimum absolute atomic E-state index is 0.0468. The Morgan fingerprint density at radius 2 is 2.00 bits per heavy atom. The minimum Gasteiger partial charge on any atom is -0.393 e. The number of nitrogens with one attached hydrogen (secondary N) is 1. The topological polar surface area (TPSA) is 62.2 Å². The number of carbonyl (C=O) groups is 1. The van der Waals surface area contributed by atoms with Crippen LogP contribution in [0.5, 0.6) is 0 Å². The number of pyridine rings is 1. The van der Waals surface area contributed by atoms with Gasteiger partial charge in [0, 0.05) is 18.0 Å². The number of para-hydroxylation sites is 1. The first-order valence-corrected chi connectivity index (χ1v) is 9.51. The summed E-state index contributed by atoms with van der Waals surface area (Å²) >= 11 is 0. The average Bonchev–Trinajstić information content (AvgIpc) is 3.09. The van der Waals surface area contributed by atoms with Crippen LogP contribution < -0.4 is 5.32 Å². The molecular weight excluding hydrogens is 312 g/mol. The first-order chi connectivity index (χ1) is 12.2. The van der Waals surface area contributed by atoms with Crippen molar-refractivity contribution in [2.75, 3.05) is 0 Å². The predicted octanol–water partition coefficient (Wildman–Crippen LogP) is 3.74. The molecule has 1 aromatic heterocycles. The quantitative estimate of drug-likeness (QED) is 0.873. The number of amides is 1. The van der Waals surface area contributed by atoms with Gasteiger partial charge in [-0.25, -0.2) is 0 Å². The SMILES string of the molecule is O=C(CC1CCCC1)NC(c1cnc2ccccc2c1)C1CC(O)C1. The van der Waals surface area contributed by atoms with Crippen molar-refractivity contribution in [3.05, 3.63) is 42.1 Å². The molecule has 0 saturated heterocycles. The van der Waals surface area contributed by atoms with E-state index in [1.165, 1.54) is 25.7 Å². The van der Waals surface area contributed by atoms with Gasteiger partial charge in [0.25, 0.3) is 0 Å². The van der Waals surface area contributed by atoms with Crippen LogP contribution in [-0.2, 0) is 4.79 Å². The number of aliphatic hydroxyl groups excluding tert-OH is 1. The Labute approximate surface area is 148 Å². The van der Waals surface area contributed by atoms with Crippen LogP contribution in [0.2, 0.25) is 0 Å². The molecule has 1 atom stereocenters. The molecule has 1 heterocycles. The zero-order valence-corrected chi connectivity index (χ0v) is 14.5. The summed E-state index contributed by atoms with van der Waals surface area (Å²) in [5, 5.41) is 14.1. The molecule has 0 aliphatic heterocycles. The van der Waals surface area contributed by atoms with E-state index in [2.05, 4.69) is 22.4 Å². The van der Waals surface area contributed by atoms with Gasteiger partial charge in [-0.3, -0.25) is 9.78 Å². The molecule has 4 heteroatoms. The summed E-state index contributed by atoms with van der Waals surface area (Å²) in [4.78, 5) is 17.1. The number of nitrogens with zero attached hydrogens (tertiary/aromatic N) is 1. The first-order valence-electron chi connectivity index (χ1n) is 9.51. The Bertz CT molecular complexity index is 748. The van der Waals surface area contributed by atoms with Crippen molar-refractivity contribution < 1.29 is 9.90 Å². The molecule has 4 rings (SSSR count). The smallest absolute Gasteiger partial charge is 0.220 e. The van der Waals surface area contributed by atoms with E-state index in [1.54, 1.807) is 0 Å². The molecule has 1 unspecified atom stereocenters. The molecule has 1 aromatic carbocycles. The lowest BCUT2D eigenvalue weighted by atomic mass is 9.75. The zero-order valence-electron chi connectivity index (χ0n) is 14.5. The summed E-state index contributed by atoms with van der Waals surface area (Å²) in [5.41, 5.74) is 2.02. The van der Waals surface area contributed by atoms with Gasteiger partial charge in [0.1, 0.15) is 0 Å². The predicted molar refractivity (Wildman–Crippen MR) is 97.9 cm³/mol. The van der Waals surface area contributed by atoms with E-state index >= 15 is 0 Å². The summed E-state index contributed by atoms with van der Waals surface area (Å²) in [5.74, 6) is 0.985. The minimum atomic E-state index is -0.229. The van der Waals surface area contributed by atoms with E-state index in [9.17, 15) is 9.90 Å². The molecule has 2 aliphatic carbocycles. The van der Waals surface area contributed by atoms with E-state index in [0.29, 0.717) is 18.3 Å². The van der Waals surface area contributed by atoms with Gasteiger partial charge in [0.2, 0.25) is 5.91 Å². The third-order valence-electron chi connectivity index (χ3n) is 5.86. The standard InChI is InChI=1S/C21H26N2O2/c24-18-11-16(12-18)21(23-20(25)9-14-5-1-2-6-14)17-10-15-7-3-4-8-19(15)22-13-17/h3-4,7-8,10,13-14,16,18,21,24H,1-2,5-6,9,11-12H2,(H,23,25). The Morgan fingerprint density at radius 3 is 2.76 bits per heavy atom. The van der Waals surface area contributed by atoms with Crippen LogP contribution in [0.25, 0.3) is 10.9 Å². The summed E-state index contributed by atoms with van der Waals surface area (Å²) in [6, 6.07) is 10.1. The van der Waals surface area contributed by atoms with Crippen molar-refractivity contribution in [2.45, 2.75) is 57.1 Å². The molecule has 0 bridgehead atoms. The summed E-state index contributed by atoms with van der Waals surface area (Å²) in [6.07, 6.45) is 8.65. The van der Waals surface area contributed by atoms with Gasteiger partial charge in [0.05, 0.1) is 17.7 Å². The lowest BCUT2D eigenvalue weighted by Gasteiger charge is -2.38. The molecule has 2 saturated carbocycles. The molecule has 132 valence electrons. The second-order valence-electron chi connectivity index (χ2n) is 7.75. The van der Waals surface area contributed by atoms with E-state index in [0.717, 1.165) is 29.3 Å². The van der Waals surface area contributed by atoms with Gasteiger partial charge in [0.15, 0.2) is 0 Å². The second kappa shape index (κ2) is 7.12. The van der Waals surface area contributed by atoms with Gasteiger partial charge >= 0.3 is 0 Å². The molecule has 25 heavy (non-hydrogen) atoms. The third-order valence-corrected chi connectivity index (χ3v) is 5.86. The van der Waals surface area contributed by atoms with Crippen molar-refractivity contribution in [2.24, 2.45) is 11.8 Å². The first kappa shape index (κ1) is 16.5. The van der Waals surface area contributed by atoms with Gasteiger partial charge in [-0.1, -0.05) is 31.0 Å². The van der Waals surface area contributed by atoms with E-state index in [4.69, 9.17) is 0 Å². The Kier molecular flexibility index (Phi) is 4.71. The van der Waals surface area contributed by atoms with Crippen molar-refractivity contribution in [1.82, 2.24) is 10.3 Å². The van der Waals surface area contributed by atoms with Crippen molar-refractivity contribution >= 4 is 16.8 Å². The monoisotopic (exact) mass is 338 g/mol. The molecule has 2 aliphatic rings. The van der Waals surface area contributed by atoms with E-state index in [1.807, 2.05) is 24.4 Å². The maximum atomic E-state index is 12.6. The van der Waals surface area contributed by atoms with Crippen molar-refractivity contribution in [3.63, 3.8) is 0 Å². The Morgan fingerprint density at radius 1 is 1.24 bits per heavy atom. The molecule has 0 spiro atoms. The summed E-state index contributed by atoms with van der Waals surface area (Å²) in [7, 11) is 0. The lowest BCUT2D eigenvalue weighted by Crippen LogP contribution is -2.41. The third kappa shape index (κ3) is 3.69. The van der Waals surface area contributed by atoms with Crippen LogP contribution in [0.3, 0.4) is 0 Å². The fourth-order valence-electron chi connectivity index (χ4n) is 4.34. The van der Waals surface area contributed by atoms with Crippen LogP contribution in [0.15, 0.2) is 36.5 Å². The molecule has 2 fully saturated rings. The van der Waals surface area contributed by atoms with Crippen molar-refractivity contribution in [1.29, 1.82) is 0 Å². The maximum absolute atomic E-state index is 12.6. The number of aliphatic hydroxyl groups is 1. The number of carbonyl (C=O) groups excluding carboxylic acids is 1. The number of benzene rings is 1. The van der Waals surface area contributed by atoms with E-state index in [-0.39, 0.29) is 18.1 Å². The maximum Gasteiger partial charge on any atom is 0.220 e. The molecule has 1 amide bonds. The zero-order chi connectivity index (χ0) is 17.2. The highest BCUT2D eigenvalue weighted by Gasteiger charge is 2.36. The van der Waals surface area contributed by atoms with Gasteiger partial charge in [-0.15, -0.1) is 0 Å². The van der Waals surface area contributed by atoms with Crippen LogP contribution in [0.4, 0.5) is 0 Å². The molecule has 4 nitrogen and oxygen atoms in total. The normalized spacial score (nSPS) is 24.8. The fraction of sp³-hybridized carbons (Fsp3) is 0.524. The summed E-state index contributed by atoms with van der Waals surface area (Å²) in [6.45, 7) is 0.